The summed E-state index contributed by atoms with van der Waals surface area (Å²) >= 11 is 12.3. The number of halogens is 2. The summed E-state index contributed by atoms with van der Waals surface area (Å²) < 4.78 is 0. The lowest BCUT2D eigenvalue weighted by molar-refractivity contribution is -0.125. The van der Waals surface area contributed by atoms with E-state index in [1.807, 2.05) is 30.3 Å². The molecule has 1 heterocycles. The van der Waals surface area contributed by atoms with E-state index in [4.69, 9.17) is 23.2 Å². The fraction of sp³-hybridized carbons (Fsp3) is 0.133. The summed E-state index contributed by atoms with van der Waals surface area (Å²) in [4.78, 5) is 13.6. The van der Waals surface area contributed by atoms with Crippen LogP contribution in [0.25, 0.3) is 0 Å². The van der Waals surface area contributed by atoms with Crippen LogP contribution in [-0.4, -0.2) is 11.0 Å². The number of hydrogen-bond acceptors (Lipinski definition) is 2. The first kappa shape index (κ1) is 13.4. The van der Waals surface area contributed by atoms with E-state index in [1.54, 1.807) is 18.2 Å². The number of anilines is 1. The fourth-order valence-electron chi connectivity index (χ4n) is 2.34. The van der Waals surface area contributed by atoms with Crippen LogP contribution in [0.4, 0.5) is 5.69 Å². The zero-order valence-electron chi connectivity index (χ0n) is 10.3. The Morgan fingerprint density at radius 3 is 2.55 bits per heavy atom. The van der Waals surface area contributed by atoms with Crippen LogP contribution in [-0.2, 0) is 4.79 Å². The predicted molar refractivity (Wildman–Crippen MR) is 78.9 cm³/mol. The quantitative estimate of drug-likeness (QED) is 0.679. The lowest BCUT2D eigenvalue weighted by Gasteiger charge is -2.23. The van der Waals surface area contributed by atoms with Gasteiger partial charge in [0.25, 0.3) is 5.91 Å². The van der Waals surface area contributed by atoms with Crippen molar-refractivity contribution in [3.05, 3.63) is 64.7 Å². The molecular formula is C15H11Cl2NO2. The minimum atomic E-state index is -1.21. The Hall–Kier alpha value is -1.55. The first-order valence-corrected chi connectivity index (χ1v) is 6.90. The summed E-state index contributed by atoms with van der Waals surface area (Å²) in [7, 11) is 0. The van der Waals surface area contributed by atoms with Gasteiger partial charge in [-0.05, 0) is 23.8 Å². The Morgan fingerprint density at radius 1 is 1.15 bits per heavy atom. The summed E-state index contributed by atoms with van der Waals surface area (Å²) in [6, 6.07) is 14.2. The van der Waals surface area contributed by atoms with Gasteiger partial charge in [0, 0.05) is 10.6 Å². The van der Waals surface area contributed by atoms with Crippen molar-refractivity contribution in [2.75, 3.05) is 4.90 Å². The number of aliphatic hydroxyl groups is 1. The third-order valence-corrected chi connectivity index (χ3v) is 4.00. The molecule has 0 aliphatic carbocycles. The molecule has 2 atom stereocenters. The predicted octanol–water partition coefficient (Wildman–Crippen LogP) is 3.66. The van der Waals surface area contributed by atoms with E-state index in [1.165, 1.54) is 4.90 Å². The van der Waals surface area contributed by atoms with Crippen LogP contribution >= 0.6 is 23.2 Å². The Balaban J connectivity index is 2.05. The number of nitrogens with zero attached hydrogens (tertiary/aromatic N) is 1. The molecule has 0 saturated heterocycles. The van der Waals surface area contributed by atoms with Gasteiger partial charge in [-0.3, -0.25) is 9.69 Å². The van der Waals surface area contributed by atoms with E-state index in [9.17, 15) is 9.90 Å². The number of amides is 1. The molecule has 0 radical (unpaired) electrons. The highest BCUT2D eigenvalue weighted by atomic mass is 35.5. The van der Waals surface area contributed by atoms with Gasteiger partial charge in [-0.15, -0.1) is 0 Å². The van der Waals surface area contributed by atoms with Crippen molar-refractivity contribution in [1.82, 2.24) is 0 Å². The van der Waals surface area contributed by atoms with Gasteiger partial charge < -0.3 is 5.11 Å². The minimum absolute atomic E-state index is 0.439. The van der Waals surface area contributed by atoms with Crippen LogP contribution in [0.15, 0.2) is 48.5 Å². The largest absolute Gasteiger partial charge is 0.378 e. The second-order valence-corrected chi connectivity index (χ2v) is 5.41. The number of carbonyl (C=O) groups excluding carboxylic acids is 1. The first-order chi connectivity index (χ1) is 9.59. The second kappa shape index (κ2) is 5.09. The van der Waals surface area contributed by atoms with Crippen molar-refractivity contribution in [3.63, 3.8) is 0 Å². The van der Waals surface area contributed by atoms with Gasteiger partial charge in [0.2, 0.25) is 0 Å². The van der Waals surface area contributed by atoms with E-state index in [2.05, 4.69) is 0 Å². The van der Waals surface area contributed by atoms with E-state index < -0.39 is 17.5 Å². The Kier molecular flexibility index (Phi) is 3.42. The zero-order chi connectivity index (χ0) is 14.3. The van der Waals surface area contributed by atoms with Crippen molar-refractivity contribution >= 4 is 34.8 Å². The van der Waals surface area contributed by atoms with Crippen LogP contribution in [0.2, 0.25) is 5.02 Å². The molecule has 102 valence electrons. The highest BCUT2D eigenvalue weighted by Crippen LogP contribution is 2.43. The maximum absolute atomic E-state index is 12.2. The maximum Gasteiger partial charge on any atom is 0.262 e. The van der Waals surface area contributed by atoms with Crippen molar-refractivity contribution in [1.29, 1.82) is 0 Å². The van der Waals surface area contributed by atoms with E-state index >= 15 is 0 Å². The smallest absolute Gasteiger partial charge is 0.262 e. The van der Waals surface area contributed by atoms with Crippen LogP contribution in [0.3, 0.4) is 0 Å². The van der Waals surface area contributed by atoms with E-state index in [0.717, 1.165) is 5.56 Å². The molecule has 0 saturated carbocycles. The number of hydrogen-bond donors (Lipinski definition) is 1. The molecule has 0 aromatic heterocycles. The highest BCUT2D eigenvalue weighted by Gasteiger charge is 2.39. The number of aliphatic hydroxyl groups excluding tert-OH is 1. The molecule has 3 rings (SSSR count). The standard InChI is InChI=1S/C15H11Cl2NO2/c16-10-6-7-12-11(8-10)13(19)15(20)18(12)14(17)9-4-2-1-3-5-9/h1-8,13-14,19H. The normalized spacial score (nSPS) is 19.1. The lowest BCUT2D eigenvalue weighted by Crippen LogP contribution is -2.30. The number of carbonyl (C=O) groups is 1. The molecule has 1 aliphatic heterocycles. The van der Waals surface area contributed by atoms with Gasteiger partial charge in [-0.25, -0.2) is 0 Å². The van der Waals surface area contributed by atoms with Gasteiger partial charge in [0.05, 0.1) is 5.69 Å². The molecule has 20 heavy (non-hydrogen) atoms. The first-order valence-electron chi connectivity index (χ1n) is 6.09. The molecule has 0 fully saturated rings. The van der Waals surface area contributed by atoms with Crippen LogP contribution < -0.4 is 4.90 Å². The van der Waals surface area contributed by atoms with Crippen LogP contribution in [0.5, 0.6) is 0 Å². The van der Waals surface area contributed by atoms with Crippen LogP contribution in [0.1, 0.15) is 22.7 Å². The molecule has 2 aromatic rings. The summed E-state index contributed by atoms with van der Waals surface area (Å²) in [5, 5.41) is 10.5. The summed E-state index contributed by atoms with van der Waals surface area (Å²) in [5.41, 5.74) is 1.21. The Bertz CT molecular complexity index is 660. The maximum atomic E-state index is 12.2. The lowest BCUT2D eigenvalue weighted by atomic mass is 10.1. The summed E-state index contributed by atoms with van der Waals surface area (Å²) in [6.45, 7) is 0. The third kappa shape index (κ3) is 2.08. The van der Waals surface area contributed by atoms with Gasteiger partial charge >= 0.3 is 0 Å². The molecule has 3 nitrogen and oxygen atoms in total. The molecule has 2 unspecified atom stereocenters. The van der Waals surface area contributed by atoms with Crippen molar-refractivity contribution < 1.29 is 9.90 Å². The number of fused-ring (bicyclic) bond motifs is 1. The number of alkyl halides is 1. The Morgan fingerprint density at radius 2 is 1.85 bits per heavy atom. The molecule has 1 N–H and O–H groups in total. The van der Waals surface area contributed by atoms with Gasteiger partial charge in [0.15, 0.2) is 6.10 Å². The zero-order valence-corrected chi connectivity index (χ0v) is 11.8. The Labute approximate surface area is 126 Å². The molecule has 0 spiro atoms. The molecule has 5 heteroatoms. The molecule has 0 bridgehead atoms. The third-order valence-electron chi connectivity index (χ3n) is 3.32. The average molecular weight is 308 g/mol. The molecular weight excluding hydrogens is 297 g/mol. The van der Waals surface area contributed by atoms with Crippen molar-refractivity contribution in [2.45, 2.75) is 11.6 Å². The van der Waals surface area contributed by atoms with Crippen molar-refractivity contribution in [2.24, 2.45) is 0 Å². The number of rotatable bonds is 2. The topological polar surface area (TPSA) is 40.5 Å². The average Bonchev–Trinajstić information content (AvgIpc) is 2.71. The summed E-state index contributed by atoms with van der Waals surface area (Å²) in [6.07, 6.45) is -1.21. The van der Waals surface area contributed by atoms with Crippen LogP contribution in [0, 0.1) is 0 Å². The minimum Gasteiger partial charge on any atom is -0.378 e. The monoisotopic (exact) mass is 307 g/mol. The summed E-state index contributed by atoms with van der Waals surface area (Å²) in [5.74, 6) is -0.439. The second-order valence-electron chi connectivity index (χ2n) is 4.56. The fourth-order valence-corrected chi connectivity index (χ4v) is 2.87. The molecule has 1 aliphatic rings. The SMILES string of the molecule is O=C1C(O)c2cc(Cl)ccc2N1C(Cl)c1ccccc1. The molecule has 2 aromatic carbocycles. The van der Waals surface area contributed by atoms with E-state index in [0.29, 0.717) is 16.3 Å². The highest BCUT2D eigenvalue weighted by molar-refractivity contribution is 6.31. The van der Waals surface area contributed by atoms with Crippen molar-refractivity contribution in [3.8, 4) is 0 Å². The van der Waals surface area contributed by atoms with Gasteiger partial charge in [-0.1, -0.05) is 53.5 Å². The molecule has 1 amide bonds. The van der Waals surface area contributed by atoms with Gasteiger partial charge in [0.1, 0.15) is 5.50 Å². The van der Waals surface area contributed by atoms with Gasteiger partial charge in [-0.2, -0.15) is 0 Å². The van der Waals surface area contributed by atoms with E-state index in [-0.39, 0.29) is 0 Å². The number of benzene rings is 2.